The highest BCUT2D eigenvalue weighted by Crippen LogP contribution is 2.20. The molecule has 2 amide bonds. The first-order valence-electron chi connectivity index (χ1n) is 6.17. The summed E-state index contributed by atoms with van der Waals surface area (Å²) in [6.07, 6.45) is 0. The fourth-order valence-corrected chi connectivity index (χ4v) is 1.92. The summed E-state index contributed by atoms with van der Waals surface area (Å²) in [6, 6.07) is 14.3. The molecule has 3 N–H and O–H groups in total. The Morgan fingerprint density at radius 1 is 1.20 bits per heavy atom. The summed E-state index contributed by atoms with van der Waals surface area (Å²) in [7, 11) is 1.72. The molecule has 2 aromatic rings. The van der Waals surface area contributed by atoms with Gasteiger partial charge in [0.1, 0.15) is 0 Å². The molecule has 0 radical (unpaired) electrons. The zero-order valence-corrected chi connectivity index (χ0v) is 11.9. The molecular weight excluding hydrogens is 274 g/mol. The van der Waals surface area contributed by atoms with Crippen LogP contribution >= 0.6 is 11.6 Å². The van der Waals surface area contributed by atoms with Crippen molar-refractivity contribution in [3.63, 3.8) is 0 Å². The molecular formula is C15H16ClN3O. The molecule has 0 atom stereocenters. The lowest BCUT2D eigenvalue weighted by Gasteiger charge is -2.18. The topological polar surface area (TPSA) is 58.4 Å². The molecule has 4 nitrogen and oxygen atoms in total. The van der Waals surface area contributed by atoms with Crippen molar-refractivity contribution in [1.29, 1.82) is 0 Å². The molecule has 0 aliphatic carbocycles. The largest absolute Gasteiger partial charge is 0.399 e. The molecule has 2 aromatic carbocycles. The summed E-state index contributed by atoms with van der Waals surface area (Å²) in [5.41, 5.74) is 7.94. The Bertz CT molecular complexity index is 598. The third kappa shape index (κ3) is 3.65. The minimum Gasteiger partial charge on any atom is -0.399 e. The van der Waals surface area contributed by atoms with Gasteiger partial charge >= 0.3 is 6.03 Å². The number of anilines is 2. The third-order valence-corrected chi connectivity index (χ3v) is 3.19. The van der Waals surface area contributed by atoms with Crippen molar-refractivity contribution in [2.45, 2.75) is 6.54 Å². The van der Waals surface area contributed by atoms with Gasteiger partial charge in [-0.05, 0) is 29.8 Å². The lowest BCUT2D eigenvalue weighted by atomic mass is 10.2. The number of nitrogens with two attached hydrogens (primary N) is 1. The summed E-state index contributed by atoms with van der Waals surface area (Å²) in [4.78, 5) is 13.6. The van der Waals surface area contributed by atoms with Gasteiger partial charge in [0.2, 0.25) is 0 Å². The number of para-hydroxylation sites is 1. The number of rotatable bonds is 3. The molecule has 0 aromatic heterocycles. The zero-order chi connectivity index (χ0) is 14.5. The molecule has 104 valence electrons. The van der Waals surface area contributed by atoms with Crippen molar-refractivity contribution in [2.24, 2.45) is 0 Å². The van der Waals surface area contributed by atoms with Crippen LogP contribution in [0.3, 0.4) is 0 Å². The second-order valence-electron chi connectivity index (χ2n) is 4.51. The second-order valence-corrected chi connectivity index (χ2v) is 4.91. The molecule has 5 heteroatoms. The van der Waals surface area contributed by atoms with Gasteiger partial charge in [0, 0.05) is 19.3 Å². The van der Waals surface area contributed by atoms with E-state index in [-0.39, 0.29) is 6.03 Å². The summed E-state index contributed by atoms with van der Waals surface area (Å²) in [5.74, 6) is 0. The van der Waals surface area contributed by atoms with Gasteiger partial charge in [0.25, 0.3) is 0 Å². The minimum atomic E-state index is -0.213. The van der Waals surface area contributed by atoms with E-state index in [9.17, 15) is 4.79 Å². The maximum absolute atomic E-state index is 12.1. The molecule has 0 unspecified atom stereocenters. The van der Waals surface area contributed by atoms with Crippen LogP contribution in [0.1, 0.15) is 5.56 Å². The van der Waals surface area contributed by atoms with Gasteiger partial charge in [-0.1, -0.05) is 35.9 Å². The van der Waals surface area contributed by atoms with Crippen molar-refractivity contribution < 1.29 is 4.79 Å². The first kappa shape index (κ1) is 14.2. The molecule has 0 spiro atoms. The van der Waals surface area contributed by atoms with Gasteiger partial charge in [-0.3, -0.25) is 0 Å². The standard InChI is InChI=1S/C15H16ClN3O/c1-19(10-11-6-8-12(17)9-7-11)15(20)18-14-5-3-2-4-13(14)16/h2-9H,10,17H2,1H3,(H,18,20). The van der Waals surface area contributed by atoms with Crippen molar-refractivity contribution in [2.75, 3.05) is 18.1 Å². The predicted octanol–water partition coefficient (Wildman–Crippen LogP) is 3.59. The number of benzene rings is 2. The summed E-state index contributed by atoms with van der Waals surface area (Å²) in [6.45, 7) is 0.497. The second kappa shape index (κ2) is 6.30. The normalized spacial score (nSPS) is 10.1. The first-order valence-corrected chi connectivity index (χ1v) is 6.55. The third-order valence-electron chi connectivity index (χ3n) is 2.86. The number of hydrogen-bond donors (Lipinski definition) is 2. The molecule has 0 fully saturated rings. The van der Waals surface area contributed by atoms with E-state index in [4.69, 9.17) is 17.3 Å². The van der Waals surface area contributed by atoms with Crippen LogP contribution in [0.25, 0.3) is 0 Å². The number of amides is 2. The number of urea groups is 1. The zero-order valence-electron chi connectivity index (χ0n) is 11.1. The molecule has 0 heterocycles. The monoisotopic (exact) mass is 289 g/mol. The van der Waals surface area contributed by atoms with Crippen LogP contribution in [0.4, 0.5) is 16.2 Å². The van der Waals surface area contributed by atoms with Crippen molar-refractivity contribution in [3.05, 3.63) is 59.1 Å². The van der Waals surface area contributed by atoms with Gasteiger partial charge in [0.15, 0.2) is 0 Å². The molecule has 0 bridgehead atoms. The smallest absolute Gasteiger partial charge is 0.321 e. The average Bonchev–Trinajstić information content (AvgIpc) is 2.44. The van der Waals surface area contributed by atoms with E-state index in [1.807, 2.05) is 36.4 Å². The summed E-state index contributed by atoms with van der Waals surface area (Å²) < 4.78 is 0. The van der Waals surface area contributed by atoms with Crippen molar-refractivity contribution in [1.82, 2.24) is 4.90 Å². The van der Waals surface area contributed by atoms with Crippen LogP contribution in [-0.4, -0.2) is 18.0 Å². The van der Waals surface area contributed by atoms with Crippen LogP contribution in [0.5, 0.6) is 0 Å². The average molecular weight is 290 g/mol. The molecule has 0 saturated carbocycles. The maximum atomic E-state index is 12.1. The Kier molecular flexibility index (Phi) is 4.48. The highest BCUT2D eigenvalue weighted by atomic mass is 35.5. The highest BCUT2D eigenvalue weighted by molar-refractivity contribution is 6.33. The van der Waals surface area contributed by atoms with Gasteiger partial charge in [0.05, 0.1) is 10.7 Å². The van der Waals surface area contributed by atoms with Crippen molar-refractivity contribution in [3.8, 4) is 0 Å². The molecule has 20 heavy (non-hydrogen) atoms. The number of nitrogens with one attached hydrogen (secondary N) is 1. The predicted molar refractivity (Wildman–Crippen MR) is 82.8 cm³/mol. The van der Waals surface area contributed by atoms with Crippen LogP contribution in [0.15, 0.2) is 48.5 Å². The van der Waals surface area contributed by atoms with E-state index in [0.717, 1.165) is 5.56 Å². The van der Waals surface area contributed by atoms with Crippen LogP contribution < -0.4 is 11.1 Å². The quantitative estimate of drug-likeness (QED) is 0.849. The molecule has 0 aliphatic heterocycles. The van der Waals surface area contributed by atoms with E-state index >= 15 is 0 Å². The van der Waals surface area contributed by atoms with E-state index in [1.54, 1.807) is 24.1 Å². The molecule has 2 rings (SSSR count). The fourth-order valence-electron chi connectivity index (χ4n) is 1.74. The van der Waals surface area contributed by atoms with Gasteiger partial charge < -0.3 is 16.0 Å². The number of hydrogen-bond acceptors (Lipinski definition) is 2. The Hall–Kier alpha value is -2.20. The SMILES string of the molecule is CN(Cc1ccc(N)cc1)C(=O)Nc1ccccc1Cl. The van der Waals surface area contributed by atoms with Crippen LogP contribution in [0.2, 0.25) is 5.02 Å². The summed E-state index contributed by atoms with van der Waals surface area (Å²) in [5, 5.41) is 3.29. The highest BCUT2D eigenvalue weighted by Gasteiger charge is 2.10. The number of carbonyl (C=O) groups excluding carboxylic acids is 1. The number of nitrogens with zero attached hydrogens (tertiary/aromatic N) is 1. The minimum absolute atomic E-state index is 0.213. The van der Waals surface area contributed by atoms with Gasteiger partial charge in [-0.25, -0.2) is 4.79 Å². The Balaban J connectivity index is 1.99. The Labute approximate surface area is 123 Å². The summed E-state index contributed by atoms with van der Waals surface area (Å²) >= 11 is 6.00. The number of halogens is 1. The van der Waals surface area contributed by atoms with Crippen molar-refractivity contribution >= 4 is 29.0 Å². The lowest BCUT2D eigenvalue weighted by molar-refractivity contribution is 0.220. The van der Waals surface area contributed by atoms with E-state index in [2.05, 4.69) is 5.32 Å². The molecule has 0 aliphatic rings. The lowest BCUT2D eigenvalue weighted by Crippen LogP contribution is -2.30. The van der Waals surface area contributed by atoms with Crippen LogP contribution in [-0.2, 0) is 6.54 Å². The van der Waals surface area contributed by atoms with Gasteiger partial charge in [-0.2, -0.15) is 0 Å². The maximum Gasteiger partial charge on any atom is 0.321 e. The Morgan fingerprint density at radius 3 is 2.50 bits per heavy atom. The Morgan fingerprint density at radius 2 is 1.85 bits per heavy atom. The number of carbonyl (C=O) groups is 1. The van der Waals surface area contributed by atoms with E-state index < -0.39 is 0 Å². The first-order chi connectivity index (χ1) is 9.56. The number of nitrogen functional groups attached to an aromatic ring is 1. The molecule has 0 saturated heterocycles. The van der Waals surface area contributed by atoms with E-state index in [0.29, 0.717) is 22.9 Å². The van der Waals surface area contributed by atoms with E-state index in [1.165, 1.54) is 0 Å². The van der Waals surface area contributed by atoms with Gasteiger partial charge in [-0.15, -0.1) is 0 Å². The van der Waals surface area contributed by atoms with Crippen LogP contribution in [0, 0.1) is 0 Å². The fraction of sp³-hybridized carbons (Fsp3) is 0.133.